The summed E-state index contributed by atoms with van der Waals surface area (Å²) in [6.45, 7) is 4.58. The molecule has 2 atom stereocenters. The fraction of sp³-hybridized carbons (Fsp3) is 0.464. The Hall–Kier alpha value is -3.35. The van der Waals surface area contributed by atoms with Crippen LogP contribution < -0.4 is 5.32 Å². The highest BCUT2D eigenvalue weighted by atomic mass is 16.5. The van der Waals surface area contributed by atoms with Crippen LogP contribution >= 0.6 is 0 Å². The number of carboxylic acid groups (broad SMARTS) is 1. The third-order valence-corrected chi connectivity index (χ3v) is 7.34. The number of fused-ring (bicyclic) bond motifs is 3. The molecule has 1 saturated heterocycles. The SMILES string of the molecule is CCCC[C@H](CC(=O)N1CCC(C)(C(=O)O)C1)NC(=O)OCC1c2ccccc2-c2ccccc21. The monoisotopic (exact) mass is 478 g/mol. The van der Waals surface area contributed by atoms with Crippen LogP contribution in [0, 0.1) is 5.41 Å². The van der Waals surface area contributed by atoms with Crippen molar-refractivity contribution in [1.82, 2.24) is 10.2 Å². The van der Waals surface area contributed by atoms with Crippen molar-refractivity contribution in [2.45, 2.75) is 57.9 Å². The van der Waals surface area contributed by atoms with Crippen LogP contribution in [0.3, 0.4) is 0 Å². The highest BCUT2D eigenvalue weighted by Gasteiger charge is 2.42. The van der Waals surface area contributed by atoms with Crippen LogP contribution in [0.25, 0.3) is 11.1 Å². The van der Waals surface area contributed by atoms with Crippen molar-refractivity contribution < 1.29 is 24.2 Å². The lowest BCUT2D eigenvalue weighted by Crippen LogP contribution is -2.41. The first kappa shape index (κ1) is 24.8. The number of benzene rings is 2. The third-order valence-electron chi connectivity index (χ3n) is 7.34. The summed E-state index contributed by atoms with van der Waals surface area (Å²) >= 11 is 0. The number of rotatable bonds is 9. The molecule has 1 unspecified atom stereocenters. The standard InChI is InChI=1S/C28H34N2O5/c1-3-4-9-19(16-25(31)30-15-14-28(2,18-30)26(32)33)29-27(34)35-17-24-22-12-7-5-10-20(22)21-11-6-8-13-23(21)24/h5-8,10-13,19,24H,3-4,9,14-18H2,1-2H3,(H,29,34)(H,32,33)/t19-,28?/m1/s1. The number of likely N-dealkylation sites (tertiary alicyclic amines) is 1. The van der Waals surface area contributed by atoms with Gasteiger partial charge in [-0.1, -0.05) is 68.3 Å². The highest BCUT2D eigenvalue weighted by Crippen LogP contribution is 2.44. The van der Waals surface area contributed by atoms with Gasteiger partial charge in [-0.25, -0.2) is 4.79 Å². The van der Waals surface area contributed by atoms with Gasteiger partial charge >= 0.3 is 12.1 Å². The topological polar surface area (TPSA) is 95.9 Å². The summed E-state index contributed by atoms with van der Waals surface area (Å²) in [4.78, 5) is 38.8. The van der Waals surface area contributed by atoms with Crippen LogP contribution in [0.1, 0.15) is 63.0 Å². The molecule has 2 aliphatic rings. The number of hydrogen-bond donors (Lipinski definition) is 2. The van der Waals surface area contributed by atoms with E-state index in [1.54, 1.807) is 11.8 Å². The third kappa shape index (κ3) is 5.34. The molecule has 1 aliphatic heterocycles. The van der Waals surface area contributed by atoms with Gasteiger partial charge in [0.25, 0.3) is 0 Å². The van der Waals surface area contributed by atoms with E-state index in [1.807, 2.05) is 24.3 Å². The number of ether oxygens (including phenoxy) is 1. The quantitative estimate of drug-likeness (QED) is 0.540. The van der Waals surface area contributed by atoms with E-state index in [-0.39, 0.29) is 37.4 Å². The molecule has 2 aromatic carbocycles. The summed E-state index contributed by atoms with van der Waals surface area (Å²) in [5.74, 6) is -1.04. The fourth-order valence-corrected chi connectivity index (χ4v) is 5.17. The molecule has 186 valence electrons. The van der Waals surface area contributed by atoms with Crippen LogP contribution in [0.5, 0.6) is 0 Å². The van der Waals surface area contributed by atoms with E-state index < -0.39 is 17.5 Å². The molecule has 1 aliphatic carbocycles. The van der Waals surface area contributed by atoms with E-state index in [2.05, 4.69) is 36.5 Å². The zero-order valence-electron chi connectivity index (χ0n) is 20.5. The van der Waals surface area contributed by atoms with Crippen molar-refractivity contribution in [1.29, 1.82) is 0 Å². The maximum absolute atomic E-state index is 12.9. The minimum absolute atomic E-state index is 0.0258. The molecule has 1 heterocycles. The lowest BCUT2D eigenvalue weighted by molar-refractivity contribution is -0.147. The molecule has 7 heteroatoms. The molecular formula is C28H34N2O5. The first-order chi connectivity index (χ1) is 16.8. The Balaban J connectivity index is 1.36. The number of alkyl carbamates (subject to hydrolysis) is 1. The van der Waals surface area contributed by atoms with Gasteiger partial charge in [-0.2, -0.15) is 0 Å². The normalized spacial score (nSPS) is 19.7. The van der Waals surface area contributed by atoms with Crippen molar-refractivity contribution in [3.8, 4) is 11.1 Å². The highest BCUT2D eigenvalue weighted by molar-refractivity contribution is 5.81. The second-order valence-corrected chi connectivity index (χ2v) is 9.94. The number of nitrogens with one attached hydrogen (secondary N) is 1. The van der Waals surface area contributed by atoms with E-state index in [4.69, 9.17) is 4.74 Å². The van der Waals surface area contributed by atoms with E-state index in [0.29, 0.717) is 19.4 Å². The Kier molecular flexibility index (Phi) is 7.43. The van der Waals surface area contributed by atoms with Crippen molar-refractivity contribution in [3.63, 3.8) is 0 Å². The molecule has 0 radical (unpaired) electrons. The van der Waals surface area contributed by atoms with E-state index >= 15 is 0 Å². The lowest BCUT2D eigenvalue weighted by atomic mass is 9.90. The Bertz CT molecular complexity index is 1050. The summed E-state index contributed by atoms with van der Waals surface area (Å²) < 4.78 is 5.67. The molecule has 4 rings (SSSR count). The number of carbonyl (C=O) groups is 3. The number of carboxylic acids is 1. The first-order valence-corrected chi connectivity index (χ1v) is 12.4. The fourth-order valence-electron chi connectivity index (χ4n) is 5.17. The maximum Gasteiger partial charge on any atom is 0.407 e. The van der Waals surface area contributed by atoms with Crippen molar-refractivity contribution >= 4 is 18.0 Å². The van der Waals surface area contributed by atoms with Gasteiger partial charge in [0.05, 0.1) is 5.41 Å². The van der Waals surface area contributed by atoms with Crippen molar-refractivity contribution in [2.24, 2.45) is 5.41 Å². The minimum atomic E-state index is -0.908. The molecule has 2 amide bonds. The number of nitrogens with zero attached hydrogens (tertiary/aromatic N) is 1. The Morgan fingerprint density at radius 2 is 1.74 bits per heavy atom. The summed E-state index contributed by atoms with van der Waals surface area (Å²) in [5, 5.41) is 12.3. The molecule has 1 fully saturated rings. The van der Waals surface area contributed by atoms with Crippen molar-refractivity contribution in [3.05, 3.63) is 59.7 Å². The van der Waals surface area contributed by atoms with Gasteiger partial charge in [0.2, 0.25) is 5.91 Å². The summed E-state index contributed by atoms with van der Waals surface area (Å²) in [6.07, 6.45) is 2.52. The first-order valence-electron chi connectivity index (χ1n) is 12.4. The van der Waals surface area contributed by atoms with Crippen LogP contribution in [-0.4, -0.2) is 53.7 Å². The number of amides is 2. The van der Waals surface area contributed by atoms with Gasteiger partial charge < -0.3 is 20.1 Å². The van der Waals surface area contributed by atoms with Crippen molar-refractivity contribution in [2.75, 3.05) is 19.7 Å². The van der Waals surface area contributed by atoms with E-state index in [9.17, 15) is 19.5 Å². The van der Waals surface area contributed by atoms with Gasteiger partial charge in [-0.05, 0) is 42.0 Å². The molecule has 2 aromatic rings. The maximum atomic E-state index is 12.9. The predicted octanol–water partition coefficient (Wildman–Crippen LogP) is 4.80. The van der Waals surface area contributed by atoms with Crippen LogP contribution in [0.15, 0.2) is 48.5 Å². The Morgan fingerprint density at radius 1 is 1.11 bits per heavy atom. The zero-order chi connectivity index (χ0) is 25.0. The average Bonchev–Trinajstić information content (AvgIpc) is 3.41. The van der Waals surface area contributed by atoms with Gasteiger partial charge in [0.15, 0.2) is 0 Å². The molecule has 0 bridgehead atoms. The molecule has 0 aromatic heterocycles. The predicted molar refractivity (Wildman–Crippen MR) is 133 cm³/mol. The van der Waals surface area contributed by atoms with Gasteiger partial charge in [-0.15, -0.1) is 0 Å². The van der Waals surface area contributed by atoms with Crippen LogP contribution in [0.4, 0.5) is 4.79 Å². The summed E-state index contributed by atoms with van der Waals surface area (Å²) in [5.41, 5.74) is 3.73. The second-order valence-electron chi connectivity index (χ2n) is 9.94. The number of unbranched alkanes of at least 4 members (excludes halogenated alkanes) is 1. The average molecular weight is 479 g/mol. The summed E-state index contributed by atoms with van der Waals surface area (Å²) in [7, 11) is 0. The molecular weight excluding hydrogens is 444 g/mol. The second kappa shape index (κ2) is 10.5. The zero-order valence-corrected chi connectivity index (χ0v) is 20.5. The molecule has 7 nitrogen and oxygen atoms in total. The number of carbonyl (C=O) groups excluding carboxylic acids is 2. The van der Waals surface area contributed by atoms with E-state index in [0.717, 1.165) is 24.0 Å². The van der Waals surface area contributed by atoms with Gasteiger partial charge in [0.1, 0.15) is 6.61 Å². The van der Waals surface area contributed by atoms with Crippen LogP contribution in [0.2, 0.25) is 0 Å². The summed E-state index contributed by atoms with van der Waals surface area (Å²) in [6, 6.07) is 16.0. The van der Waals surface area contributed by atoms with Gasteiger partial charge in [0, 0.05) is 31.5 Å². The Labute approximate surface area is 206 Å². The number of aliphatic carboxylic acids is 1. The van der Waals surface area contributed by atoms with Gasteiger partial charge in [-0.3, -0.25) is 9.59 Å². The molecule has 2 N–H and O–H groups in total. The molecule has 35 heavy (non-hydrogen) atoms. The largest absolute Gasteiger partial charge is 0.481 e. The Morgan fingerprint density at radius 3 is 2.31 bits per heavy atom. The smallest absolute Gasteiger partial charge is 0.407 e. The minimum Gasteiger partial charge on any atom is -0.481 e. The van der Waals surface area contributed by atoms with Crippen LogP contribution in [-0.2, 0) is 14.3 Å². The van der Waals surface area contributed by atoms with E-state index in [1.165, 1.54) is 11.1 Å². The lowest BCUT2D eigenvalue weighted by Gasteiger charge is -2.24. The molecule has 0 spiro atoms. The molecule has 0 saturated carbocycles. The number of hydrogen-bond acceptors (Lipinski definition) is 4.